The van der Waals surface area contributed by atoms with Crippen LogP contribution in [0.15, 0.2) is 12.4 Å². The van der Waals surface area contributed by atoms with Crippen molar-refractivity contribution in [2.75, 3.05) is 13.2 Å². The number of nitrogens with zero attached hydrogens (tertiary/aromatic N) is 2. The first-order chi connectivity index (χ1) is 8.19. The second-order valence-corrected chi connectivity index (χ2v) is 4.71. The maximum Gasteiger partial charge on any atom is 0.0604 e. The van der Waals surface area contributed by atoms with Crippen molar-refractivity contribution in [3.63, 3.8) is 0 Å². The number of ether oxygens (including phenoxy) is 1. The van der Waals surface area contributed by atoms with E-state index in [0.29, 0.717) is 12.1 Å². The maximum absolute atomic E-state index is 6.08. The topological polar surface area (TPSA) is 65.1 Å². The van der Waals surface area contributed by atoms with E-state index >= 15 is 0 Å². The van der Waals surface area contributed by atoms with Crippen LogP contribution in [0.4, 0.5) is 0 Å². The lowest BCUT2D eigenvalue weighted by atomic mass is 9.89. The van der Waals surface area contributed by atoms with E-state index in [-0.39, 0.29) is 6.04 Å². The van der Waals surface area contributed by atoms with E-state index in [9.17, 15) is 0 Å². The number of nitrogens with two attached hydrogens (primary N) is 1. The second kappa shape index (κ2) is 5.62. The predicted molar refractivity (Wildman–Crippen MR) is 66.6 cm³/mol. The molecule has 1 saturated carbocycles. The zero-order chi connectivity index (χ0) is 12.3. The predicted octanol–water partition coefficient (Wildman–Crippen LogP) is 0.577. The van der Waals surface area contributed by atoms with Gasteiger partial charge in [0, 0.05) is 44.0 Å². The molecule has 1 unspecified atom stereocenters. The van der Waals surface area contributed by atoms with Crippen LogP contribution in [0.5, 0.6) is 0 Å². The summed E-state index contributed by atoms with van der Waals surface area (Å²) in [6, 6.07) is 0.587. The molecule has 17 heavy (non-hydrogen) atoms. The zero-order valence-electron chi connectivity index (χ0n) is 10.6. The minimum Gasteiger partial charge on any atom is -0.378 e. The fourth-order valence-electron chi connectivity index (χ4n) is 2.15. The molecule has 5 nitrogen and oxygen atoms in total. The summed E-state index contributed by atoms with van der Waals surface area (Å²) in [4.78, 5) is 0. The molecule has 1 aliphatic carbocycles. The summed E-state index contributed by atoms with van der Waals surface area (Å²) in [6.07, 6.45) is 6.46. The van der Waals surface area contributed by atoms with Crippen molar-refractivity contribution < 1.29 is 4.74 Å². The molecule has 0 radical (unpaired) electrons. The first kappa shape index (κ1) is 12.5. The van der Waals surface area contributed by atoms with Crippen LogP contribution in [0.1, 0.15) is 31.4 Å². The Bertz CT molecular complexity index is 346. The van der Waals surface area contributed by atoms with Crippen LogP contribution < -0.4 is 11.1 Å². The third-order valence-electron chi connectivity index (χ3n) is 3.28. The Hall–Kier alpha value is -0.910. The van der Waals surface area contributed by atoms with E-state index in [2.05, 4.69) is 10.4 Å². The normalized spacial score (nSPS) is 25.6. The van der Waals surface area contributed by atoms with Gasteiger partial charge in [0.15, 0.2) is 0 Å². The number of nitrogens with one attached hydrogen (secondary N) is 1. The van der Waals surface area contributed by atoms with Gasteiger partial charge in [-0.2, -0.15) is 5.10 Å². The standard InChI is InChI=1S/C12H22N4O/c1-3-17-11-4-10(5-11)14-7-12(13)9-6-15-16(2)8-9/h6,8,10-12,14H,3-5,7,13H2,1-2H3. The Balaban J connectivity index is 1.66. The molecule has 1 aromatic heterocycles. The van der Waals surface area contributed by atoms with Crippen LogP contribution in [-0.4, -0.2) is 35.1 Å². The quantitative estimate of drug-likeness (QED) is 0.761. The first-order valence-corrected chi connectivity index (χ1v) is 6.28. The van der Waals surface area contributed by atoms with Crippen LogP contribution >= 0.6 is 0 Å². The highest BCUT2D eigenvalue weighted by Gasteiger charge is 2.29. The highest BCUT2D eigenvalue weighted by atomic mass is 16.5. The fourth-order valence-corrected chi connectivity index (χ4v) is 2.15. The maximum atomic E-state index is 6.08. The van der Waals surface area contributed by atoms with Gasteiger partial charge in [0.1, 0.15) is 0 Å². The number of aryl methyl sites for hydroxylation is 1. The molecule has 2 rings (SSSR count). The van der Waals surface area contributed by atoms with Crippen molar-refractivity contribution in [1.29, 1.82) is 0 Å². The fraction of sp³-hybridized carbons (Fsp3) is 0.750. The minimum absolute atomic E-state index is 0.0230. The Morgan fingerprint density at radius 1 is 1.65 bits per heavy atom. The van der Waals surface area contributed by atoms with E-state index in [1.807, 2.05) is 26.4 Å². The summed E-state index contributed by atoms with van der Waals surface area (Å²) in [5.41, 5.74) is 7.17. The van der Waals surface area contributed by atoms with E-state index in [1.54, 1.807) is 4.68 Å². The van der Waals surface area contributed by atoms with Gasteiger partial charge in [-0.3, -0.25) is 4.68 Å². The van der Waals surface area contributed by atoms with Gasteiger partial charge >= 0.3 is 0 Å². The summed E-state index contributed by atoms with van der Waals surface area (Å²) in [5, 5.41) is 7.60. The molecule has 1 heterocycles. The molecule has 96 valence electrons. The molecule has 3 N–H and O–H groups in total. The molecule has 1 aliphatic rings. The molecule has 1 aromatic rings. The number of aromatic nitrogens is 2. The summed E-state index contributed by atoms with van der Waals surface area (Å²) < 4.78 is 7.30. The lowest BCUT2D eigenvalue weighted by molar-refractivity contribution is -0.00999. The number of hydrogen-bond acceptors (Lipinski definition) is 4. The van der Waals surface area contributed by atoms with E-state index in [4.69, 9.17) is 10.5 Å². The molecule has 0 bridgehead atoms. The molecule has 0 aliphatic heterocycles. The van der Waals surface area contributed by atoms with Gasteiger partial charge < -0.3 is 15.8 Å². The Morgan fingerprint density at radius 2 is 2.41 bits per heavy atom. The summed E-state index contributed by atoms with van der Waals surface area (Å²) >= 11 is 0. The molecular weight excluding hydrogens is 216 g/mol. The Morgan fingerprint density at radius 3 is 3.00 bits per heavy atom. The van der Waals surface area contributed by atoms with Crippen LogP contribution in [0.25, 0.3) is 0 Å². The molecule has 0 amide bonds. The third kappa shape index (κ3) is 3.28. The lowest BCUT2D eigenvalue weighted by Crippen LogP contribution is -2.47. The van der Waals surface area contributed by atoms with Crippen molar-refractivity contribution in [3.8, 4) is 0 Å². The number of hydrogen-bond donors (Lipinski definition) is 2. The van der Waals surface area contributed by atoms with Crippen molar-refractivity contribution in [2.24, 2.45) is 12.8 Å². The molecular formula is C12H22N4O. The average Bonchev–Trinajstić information content (AvgIpc) is 2.68. The molecule has 0 saturated heterocycles. The van der Waals surface area contributed by atoms with Gasteiger partial charge in [-0.15, -0.1) is 0 Å². The van der Waals surface area contributed by atoms with Crippen molar-refractivity contribution in [2.45, 2.75) is 38.0 Å². The Kier molecular flexibility index (Phi) is 4.15. The van der Waals surface area contributed by atoms with Crippen molar-refractivity contribution in [1.82, 2.24) is 15.1 Å². The van der Waals surface area contributed by atoms with Gasteiger partial charge in [-0.05, 0) is 19.8 Å². The monoisotopic (exact) mass is 238 g/mol. The van der Waals surface area contributed by atoms with Crippen LogP contribution in [0.2, 0.25) is 0 Å². The van der Waals surface area contributed by atoms with Gasteiger partial charge in [0.25, 0.3) is 0 Å². The summed E-state index contributed by atoms with van der Waals surface area (Å²) in [7, 11) is 1.91. The Labute approximate surface area is 102 Å². The minimum atomic E-state index is 0.0230. The molecule has 1 fully saturated rings. The number of rotatable bonds is 6. The van der Waals surface area contributed by atoms with E-state index in [0.717, 1.165) is 31.6 Å². The first-order valence-electron chi connectivity index (χ1n) is 6.28. The van der Waals surface area contributed by atoms with Gasteiger partial charge in [-0.1, -0.05) is 0 Å². The van der Waals surface area contributed by atoms with Crippen LogP contribution in [-0.2, 0) is 11.8 Å². The van der Waals surface area contributed by atoms with Crippen molar-refractivity contribution >= 4 is 0 Å². The SMILES string of the molecule is CCOC1CC(NCC(N)c2cnn(C)c2)C1. The smallest absolute Gasteiger partial charge is 0.0604 e. The molecule has 5 heteroatoms. The van der Waals surface area contributed by atoms with Gasteiger partial charge in [0.05, 0.1) is 12.3 Å². The summed E-state index contributed by atoms with van der Waals surface area (Å²) in [5.74, 6) is 0. The van der Waals surface area contributed by atoms with Crippen LogP contribution in [0, 0.1) is 0 Å². The largest absolute Gasteiger partial charge is 0.378 e. The second-order valence-electron chi connectivity index (χ2n) is 4.71. The van der Waals surface area contributed by atoms with E-state index < -0.39 is 0 Å². The lowest BCUT2D eigenvalue weighted by Gasteiger charge is -2.36. The van der Waals surface area contributed by atoms with Crippen molar-refractivity contribution in [3.05, 3.63) is 18.0 Å². The zero-order valence-corrected chi connectivity index (χ0v) is 10.6. The third-order valence-corrected chi connectivity index (χ3v) is 3.28. The van der Waals surface area contributed by atoms with Crippen LogP contribution in [0.3, 0.4) is 0 Å². The molecule has 0 aromatic carbocycles. The average molecular weight is 238 g/mol. The van der Waals surface area contributed by atoms with E-state index in [1.165, 1.54) is 0 Å². The highest BCUT2D eigenvalue weighted by Crippen LogP contribution is 2.23. The summed E-state index contributed by atoms with van der Waals surface area (Å²) in [6.45, 7) is 3.65. The van der Waals surface area contributed by atoms with Gasteiger partial charge in [-0.25, -0.2) is 0 Å². The highest BCUT2D eigenvalue weighted by molar-refractivity contribution is 5.10. The molecule has 1 atom stereocenters. The van der Waals surface area contributed by atoms with Gasteiger partial charge in [0.2, 0.25) is 0 Å². The molecule has 0 spiro atoms.